The van der Waals surface area contributed by atoms with E-state index in [9.17, 15) is 24.3 Å². The molecule has 0 heterocycles. The van der Waals surface area contributed by atoms with Crippen molar-refractivity contribution in [2.75, 3.05) is 0 Å². The van der Waals surface area contributed by atoms with Crippen LogP contribution in [0, 0.1) is 39.9 Å². The third-order valence-electron chi connectivity index (χ3n) is 10.2. The second-order valence-electron chi connectivity index (χ2n) is 14.2. The topological polar surface area (TPSA) is 119 Å². The number of rotatable bonds is 4. The Kier molecular flexibility index (Phi) is 6.95. The molecule has 212 valence electrons. The quantitative estimate of drug-likeness (QED) is 0.408. The minimum Gasteiger partial charge on any atom is -0.459 e. The molecule has 0 aliphatic heterocycles. The number of aliphatic hydroxyl groups excluding tert-OH is 1. The largest absolute Gasteiger partial charge is 0.459 e. The third-order valence-corrected chi connectivity index (χ3v) is 10.2. The fourth-order valence-electron chi connectivity index (χ4n) is 8.41. The summed E-state index contributed by atoms with van der Waals surface area (Å²) in [6.07, 6.45) is 0.00263. The molecule has 0 radical (unpaired) electrons. The van der Waals surface area contributed by atoms with Crippen LogP contribution in [-0.2, 0) is 23.9 Å². The van der Waals surface area contributed by atoms with Gasteiger partial charge in [-0.05, 0) is 75.2 Å². The number of carbonyl (C=O) groups is 4. The molecule has 1 amide bonds. The number of esters is 1. The van der Waals surface area contributed by atoms with Crippen LogP contribution in [0.25, 0.3) is 0 Å². The number of aliphatic hydroxyl groups is 1. The average Bonchev–Trinajstić information content (AvgIpc) is 2.90. The number of ketones is 2. The minimum absolute atomic E-state index is 0.0892. The molecule has 4 aliphatic rings. The summed E-state index contributed by atoms with van der Waals surface area (Å²) in [5.74, 6) is -1.71. The van der Waals surface area contributed by atoms with E-state index >= 15 is 0 Å². The molecule has 4 rings (SSSR count). The van der Waals surface area contributed by atoms with E-state index in [1.54, 1.807) is 34.6 Å². The maximum atomic E-state index is 14.0. The highest BCUT2D eigenvalue weighted by molar-refractivity contribution is 6.05. The number of hydrogen-bond acceptors (Lipinski definition) is 7. The molecule has 1 spiro atoms. The van der Waals surface area contributed by atoms with Crippen molar-refractivity contribution in [1.29, 1.82) is 0 Å². The molecule has 38 heavy (non-hydrogen) atoms. The van der Waals surface area contributed by atoms with Crippen LogP contribution in [0.15, 0.2) is 12.2 Å². The molecule has 2 N–H and O–H groups in total. The van der Waals surface area contributed by atoms with E-state index < -0.39 is 46.7 Å². The van der Waals surface area contributed by atoms with E-state index in [-0.39, 0.29) is 47.1 Å². The van der Waals surface area contributed by atoms with E-state index in [4.69, 9.17) is 9.47 Å². The van der Waals surface area contributed by atoms with E-state index in [0.717, 1.165) is 0 Å². The van der Waals surface area contributed by atoms with Gasteiger partial charge in [-0.3, -0.25) is 9.59 Å². The van der Waals surface area contributed by atoms with Crippen molar-refractivity contribution in [2.45, 2.75) is 111 Å². The molecule has 2 bridgehead atoms. The zero-order valence-corrected chi connectivity index (χ0v) is 24.2. The molecule has 0 aromatic heterocycles. The van der Waals surface area contributed by atoms with Crippen molar-refractivity contribution in [3.8, 4) is 0 Å². The Balaban J connectivity index is 1.69. The molecule has 4 aliphatic carbocycles. The van der Waals surface area contributed by atoms with Crippen LogP contribution < -0.4 is 5.32 Å². The second kappa shape index (κ2) is 9.17. The van der Waals surface area contributed by atoms with Crippen molar-refractivity contribution >= 4 is 23.6 Å². The van der Waals surface area contributed by atoms with Crippen LogP contribution >= 0.6 is 0 Å². The van der Waals surface area contributed by atoms with Crippen LogP contribution in [0.2, 0.25) is 0 Å². The summed E-state index contributed by atoms with van der Waals surface area (Å²) in [5, 5.41) is 14.4. The van der Waals surface area contributed by atoms with Crippen LogP contribution in [0.5, 0.6) is 0 Å². The summed E-state index contributed by atoms with van der Waals surface area (Å²) in [6.45, 7) is 19.0. The molecular weight excluding hydrogens is 486 g/mol. The average molecular weight is 532 g/mol. The highest BCUT2D eigenvalue weighted by Crippen LogP contribution is 2.71. The number of hydrogen-bond donors (Lipinski definition) is 2. The molecule has 0 saturated heterocycles. The minimum atomic E-state index is -1.30. The van der Waals surface area contributed by atoms with Crippen molar-refractivity contribution in [1.82, 2.24) is 5.32 Å². The molecule has 0 aromatic rings. The van der Waals surface area contributed by atoms with Gasteiger partial charge in [0.1, 0.15) is 23.5 Å². The lowest BCUT2D eigenvalue weighted by Crippen LogP contribution is -2.68. The lowest BCUT2D eigenvalue weighted by atomic mass is 9.39. The normalized spacial score (nSPS) is 38.8. The maximum absolute atomic E-state index is 14.0. The van der Waals surface area contributed by atoms with Crippen LogP contribution in [-0.4, -0.2) is 52.6 Å². The molecule has 4 saturated carbocycles. The first-order chi connectivity index (χ1) is 17.4. The number of carbonyl (C=O) groups excluding carboxylic acids is 4. The van der Waals surface area contributed by atoms with E-state index in [0.29, 0.717) is 31.3 Å². The fourth-order valence-corrected chi connectivity index (χ4v) is 8.41. The summed E-state index contributed by atoms with van der Waals surface area (Å²) < 4.78 is 11.5. The zero-order valence-electron chi connectivity index (χ0n) is 24.2. The number of nitrogens with one attached hydrogen (secondary N) is 1. The Bertz CT molecular complexity index is 1060. The molecule has 8 heteroatoms. The highest BCUT2D eigenvalue weighted by Gasteiger charge is 2.75. The van der Waals surface area contributed by atoms with Crippen molar-refractivity contribution in [3.63, 3.8) is 0 Å². The van der Waals surface area contributed by atoms with Gasteiger partial charge in [-0.1, -0.05) is 41.2 Å². The molecule has 0 unspecified atom stereocenters. The van der Waals surface area contributed by atoms with Crippen LogP contribution in [0.3, 0.4) is 0 Å². The van der Waals surface area contributed by atoms with Gasteiger partial charge in [-0.15, -0.1) is 0 Å². The van der Waals surface area contributed by atoms with Crippen LogP contribution in [0.4, 0.5) is 4.79 Å². The Labute approximate surface area is 226 Å². The predicted octanol–water partition coefficient (Wildman–Crippen LogP) is 4.38. The summed E-state index contributed by atoms with van der Waals surface area (Å²) in [5.41, 5.74) is -2.62. The van der Waals surface area contributed by atoms with Gasteiger partial charge >= 0.3 is 12.1 Å². The van der Waals surface area contributed by atoms with Crippen molar-refractivity contribution in [3.05, 3.63) is 12.2 Å². The fraction of sp³-hybridized carbons (Fsp3) is 0.800. The third kappa shape index (κ3) is 4.13. The molecule has 8 atom stereocenters. The number of ether oxygens (including phenoxy) is 2. The van der Waals surface area contributed by atoms with Crippen molar-refractivity contribution in [2.24, 2.45) is 39.9 Å². The first-order valence-corrected chi connectivity index (χ1v) is 14.0. The molecule has 0 aromatic carbocycles. The van der Waals surface area contributed by atoms with E-state index in [2.05, 4.69) is 18.8 Å². The number of fused-ring (bicyclic) bond motifs is 3. The van der Waals surface area contributed by atoms with Gasteiger partial charge in [0, 0.05) is 17.8 Å². The Morgan fingerprint density at radius 2 is 1.74 bits per heavy atom. The van der Waals surface area contributed by atoms with Gasteiger partial charge in [0.2, 0.25) is 0 Å². The van der Waals surface area contributed by atoms with Gasteiger partial charge in [0.05, 0.1) is 11.5 Å². The first kappa shape index (κ1) is 28.8. The lowest BCUT2D eigenvalue weighted by Gasteiger charge is -2.64. The standard InChI is InChI=1S/C30H45NO7/c1-15(2)22(31-26(36)38-27(4,5)6)25(35)37-24-17-10-11-18-29(9)13-12-20(32)28(7,8)19(29)14-21(33)30(18,24)23(34)16(17)3/h15,17-19,21-22,24,33H,3,10-14H2,1-2,4-9H3,(H,31,36)/t17-,18-,19+,21+,22-,24+,29-,30-/m0/s1. The van der Waals surface area contributed by atoms with E-state index in [1.165, 1.54) is 0 Å². The molecular formula is C30H45NO7. The predicted molar refractivity (Wildman–Crippen MR) is 141 cm³/mol. The van der Waals surface area contributed by atoms with Crippen LogP contribution in [0.1, 0.15) is 87.5 Å². The summed E-state index contributed by atoms with van der Waals surface area (Å²) in [7, 11) is 0. The first-order valence-electron chi connectivity index (χ1n) is 14.0. The molecule has 4 fully saturated rings. The Morgan fingerprint density at radius 3 is 2.32 bits per heavy atom. The van der Waals surface area contributed by atoms with Gasteiger partial charge in [-0.2, -0.15) is 0 Å². The van der Waals surface area contributed by atoms with Gasteiger partial charge in [0.15, 0.2) is 5.78 Å². The highest BCUT2D eigenvalue weighted by atomic mass is 16.6. The monoisotopic (exact) mass is 531 g/mol. The molecule has 8 nitrogen and oxygen atoms in total. The number of amides is 1. The Morgan fingerprint density at radius 1 is 1.11 bits per heavy atom. The van der Waals surface area contributed by atoms with E-state index in [1.807, 2.05) is 13.8 Å². The smallest absolute Gasteiger partial charge is 0.408 e. The van der Waals surface area contributed by atoms with Gasteiger partial charge in [0.25, 0.3) is 0 Å². The maximum Gasteiger partial charge on any atom is 0.408 e. The number of Topliss-reactive ketones (excluding diaryl/α,β-unsaturated/α-hetero) is 2. The van der Waals surface area contributed by atoms with Gasteiger partial charge < -0.3 is 19.9 Å². The number of alkyl carbamates (subject to hydrolysis) is 1. The van der Waals surface area contributed by atoms with Crippen molar-refractivity contribution < 1.29 is 33.8 Å². The van der Waals surface area contributed by atoms with Gasteiger partial charge in [-0.25, -0.2) is 9.59 Å². The summed E-state index contributed by atoms with van der Waals surface area (Å²) in [4.78, 5) is 53.0. The Hall–Kier alpha value is -2.22. The zero-order chi connectivity index (χ0) is 28.6. The summed E-state index contributed by atoms with van der Waals surface area (Å²) >= 11 is 0. The lowest BCUT2D eigenvalue weighted by molar-refractivity contribution is -0.230. The SMILES string of the molecule is C=C1C(=O)[C@@]23[C@H](O)C[C@@H]4C(C)(C)C(=O)CC[C@@]4(C)[C@@H]2CC[C@@H]1[C@H]3OC(=O)[C@@H](NC(=O)OC(C)(C)C)C(C)C. The second-order valence-corrected chi connectivity index (χ2v) is 14.2. The summed E-state index contributed by atoms with van der Waals surface area (Å²) in [6, 6.07) is -0.986.